The van der Waals surface area contributed by atoms with Gasteiger partial charge >= 0.3 is 0 Å². The van der Waals surface area contributed by atoms with E-state index in [0.717, 1.165) is 4.90 Å². The number of sulfone groups is 1. The Balaban J connectivity index is 1.48. The van der Waals surface area contributed by atoms with Gasteiger partial charge in [0.15, 0.2) is 0 Å². The van der Waals surface area contributed by atoms with E-state index in [1.807, 2.05) is 0 Å². The number of nitrogens with zero attached hydrogens (tertiary/aromatic N) is 1. The standard InChI is InChI=1S/C26H28ClF3N4O5S/c1-40(38,39)20(28)11-15(9-14-7-8-31-23(14)35)32-24(36)22-17-6-5-16(12-26(17,29)30)34(22)25(37)19-10-13-3-2-4-18(27)21(13)33-19/h2-4,10-11,14-17,22,33H,5-9,12H2,1H3,(H,31,35)(H,32,36). The van der Waals surface area contributed by atoms with Crippen LogP contribution in [0.4, 0.5) is 13.2 Å². The molecule has 4 aliphatic rings. The third-order valence-electron chi connectivity index (χ3n) is 7.99. The average molecular weight is 601 g/mol. The molecule has 5 atom stereocenters. The summed E-state index contributed by atoms with van der Waals surface area (Å²) in [5.74, 6) is -7.37. The Morgan fingerprint density at radius 3 is 2.65 bits per heavy atom. The molecule has 1 aliphatic carbocycles. The van der Waals surface area contributed by atoms with Gasteiger partial charge in [0.2, 0.25) is 26.8 Å². The van der Waals surface area contributed by atoms with Gasteiger partial charge in [0.1, 0.15) is 11.7 Å². The topological polar surface area (TPSA) is 128 Å². The van der Waals surface area contributed by atoms with Crippen molar-refractivity contribution in [2.45, 2.75) is 56.2 Å². The number of nitrogens with one attached hydrogen (secondary N) is 3. The van der Waals surface area contributed by atoms with Crippen LogP contribution >= 0.6 is 11.6 Å². The van der Waals surface area contributed by atoms with Crippen LogP contribution in [0.25, 0.3) is 10.9 Å². The van der Waals surface area contributed by atoms with Crippen molar-refractivity contribution < 1.29 is 36.0 Å². The largest absolute Gasteiger partial charge is 0.356 e. The Morgan fingerprint density at radius 2 is 2.02 bits per heavy atom. The molecule has 0 radical (unpaired) electrons. The van der Waals surface area contributed by atoms with E-state index >= 15 is 8.78 Å². The first kappa shape index (κ1) is 28.5. The molecule has 216 valence electrons. The van der Waals surface area contributed by atoms with Gasteiger partial charge in [-0.1, -0.05) is 23.7 Å². The van der Waals surface area contributed by atoms with Crippen molar-refractivity contribution in [3.8, 4) is 0 Å². The van der Waals surface area contributed by atoms with Crippen LogP contribution in [0.15, 0.2) is 35.5 Å². The lowest BCUT2D eigenvalue weighted by Gasteiger charge is -2.53. The molecule has 0 spiro atoms. The maximum atomic E-state index is 15.1. The molecule has 1 saturated carbocycles. The fraction of sp³-hybridized carbons (Fsp3) is 0.500. The van der Waals surface area contributed by atoms with Gasteiger partial charge in [-0.3, -0.25) is 14.4 Å². The van der Waals surface area contributed by atoms with Crippen LogP contribution in [0.1, 0.15) is 42.6 Å². The van der Waals surface area contributed by atoms with Gasteiger partial charge in [-0.2, -0.15) is 4.39 Å². The van der Waals surface area contributed by atoms with Crippen LogP contribution < -0.4 is 10.6 Å². The summed E-state index contributed by atoms with van der Waals surface area (Å²) in [7, 11) is -4.27. The van der Waals surface area contributed by atoms with Crippen molar-refractivity contribution in [1.82, 2.24) is 20.5 Å². The van der Waals surface area contributed by atoms with E-state index in [1.54, 1.807) is 18.2 Å². The number of halogens is 4. The minimum atomic E-state index is -4.27. The first-order valence-corrected chi connectivity index (χ1v) is 15.2. The third kappa shape index (κ3) is 5.32. The zero-order valence-electron chi connectivity index (χ0n) is 21.4. The van der Waals surface area contributed by atoms with Crippen molar-refractivity contribution in [2.24, 2.45) is 11.8 Å². The normalized spacial score (nSPS) is 27.1. The Bertz CT molecular complexity index is 1510. The third-order valence-corrected chi connectivity index (χ3v) is 9.15. The predicted octanol–water partition coefficient (Wildman–Crippen LogP) is 3.32. The zero-order valence-corrected chi connectivity index (χ0v) is 23.0. The highest BCUT2D eigenvalue weighted by molar-refractivity contribution is 7.94. The summed E-state index contributed by atoms with van der Waals surface area (Å²) in [6.07, 6.45) is 1.19. The monoisotopic (exact) mass is 600 g/mol. The highest BCUT2D eigenvalue weighted by atomic mass is 35.5. The lowest BCUT2D eigenvalue weighted by Crippen LogP contribution is -2.68. The number of aromatic amines is 1. The van der Waals surface area contributed by atoms with Crippen LogP contribution in [0, 0.1) is 11.8 Å². The number of rotatable bonds is 7. The molecule has 3 amide bonds. The van der Waals surface area contributed by atoms with Gasteiger partial charge in [0.05, 0.1) is 22.5 Å². The number of hydrogen-bond acceptors (Lipinski definition) is 5. The maximum absolute atomic E-state index is 15.1. The number of aromatic nitrogens is 1. The first-order valence-electron chi connectivity index (χ1n) is 12.9. The number of carbonyl (C=O) groups is 3. The zero-order chi connectivity index (χ0) is 29.0. The summed E-state index contributed by atoms with van der Waals surface area (Å²) in [6.45, 7) is 0.359. The molecule has 1 aromatic carbocycles. The Kier molecular flexibility index (Phi) is 7.40. The van der Waals surface area contributed by atoms with Crippen LogP contribution in [0.2, 0.25) is 5.02 Å². The fourth-order valence-corrected chi connectivity index (χ4v) is 6.71. The van der Waals surface area contributed by atoms with Gasteiger partial charge in [-0.05, 0) is 43.9 Å². The molecule has 3 N–H and O–H groups in total. The quantitative estimate of drug-likeness (QED) is 0.449. The van der Waals surface area contributed by atoms with E-state index in [4.69, 9.17) is 11.6 Å². The summed E-state index contributed by atoms with van der Waals surface area (Å²) in [4.78, 5) is 43.6. The summed E-state index contributed by atoms with van der Waals surface area (Å²) in [5, 5.41) is 4.55. The molecule has 2 aromatic rings. The smallest absolute Gasteiger partial charge is 0.271 e. The lowest BCUT2D eigenvalue weighted by atomic mass is 9.71. The second-order valence-corrected chi connectivity index (χ2v) is 13.1. The van der Waals surface area contributed by atoms with E-state index in [0.29, 0.717) is 41.2 Å². The summed E-state index contributed by atoms with van der Waals surface area (Å²) < 4.78 is 68.2. The van der Waals surface area contributed by atoms with Crippen molar-refractivity contribution in [1.29, 1.82) is 0 Å². The number of piperidine rings is 2. The van der Waals surface area contributed by atoms with Gasteiger partial charge in [0.25, 0.3) is 11.8 Å². The molecular weight excluding hydrogens is 573 g/mol. The van der Waals surface area contributed by atoms with Crippen LogP contribution in [0.5, 0.6) is 0 Å². The molecule has 3 aliphatic heterocycles. The molecular formula is C26H28ClF3N4O5S. The van der Waals surface area contributed by atoms with E-state index < -0.39 is 69.1 Å². The number of H-pyrrole nitrogens is 1. The average Bonchev–Trinajstić information content (AvgIpc) is 3.49. The predicted molar refractivity (Wildman–Crippen MR) is 141 cm³/mol. The Morgan fingerprint density at radius 1 is 1.27 bits per heavy atom. The lowest BCUT2D eigenvalue weighted by molar-refractivity contribution is -0.179. The summed E-state index contributed by atoms with van der Waals surface area (Å²) in [5.41, 5.74) is 0.552. The van der Waals surface area contributed by atoms with Crippen molar-refractivity contribution in [3.63, 3.8) is 0 Å². The molecule has 40 heavy (non-hydrogen) atoms. The van der Waals surface area contributed by atoms with Gasteiger partial charge < -0.3 is 20.5 Å². The van der Waals surface area contributed by atoms with Gasteiger partial charge in [-0.15, -0.1) is 0 Å². The molecule has 4 fully saturated rings. The first-order chi connectivity index (χ1) is 18.8. The van der Waals surface area contributed by atoms with E-state index in [9.17, 15) is 27.2 Å². The number of alkyl halides is 2. The number of para-hydroxylation sites is 1. The van der Waals surface area contributed by atoms with Crippen LogP contribution in [0.3, 0.4) is 0 Å². The minimum Gasteiger partial charge on any atom is -0.356 e. The highest BCUT2D eigenvalue weighted by Gasteiger charge is 2.60. The molecule has 14 heteroatoms. The number of hydrogen-bond donors (Lipinski definition) is 3. The highest BCUT2D eigenvalue weighted by Crippen LogP contribution is 2.49. The SMILES string of the molecule is CS(=O)(=O)C(F)=CC(CC1CCNC1=O)NC(=O)C1C2CCC(CC2(F)F)N1C(=O)c1cc2cccc(Cl)c2[nH]1. The van der Waals surface area contributed by atoms with E-state index in [1.165, 1.54) is 6.07 Å². The minimum absolute atomic E-state index is 0.0126. The summed E-state index contributed by atoms with van der Waals surface area (Å²) in [6, 6.07) is 2.74. The van der Waals surface area contributed by atoms with Gasteiger partial charge in [-0.25, -0.2) is 17.2 Å². The number of amides is 3. The molecule has 9 nitrogen and oxygen atoms in total. The Hall–Kier alpha value is -3.06. The maximum Gasteiger partial charge on any atom is 0.271 e. The molecule has 1 aromatic heterocycles. The number of benzene rings is 1. The molecule has 6 rings (SSSR count). The Labute approximate surface area is 233 Å². The molecule has 5 unspecified atom stereocenters. The van der Waals surface area contributed by atoms with Crippen molar-refractivity contribution in [2.75, 3.05) is 12.8 Å². The molecule has 3 saturated heterocycles. The van der Waals surface area contributed by atoms with Gasteiger partial charge in [0, 0.05) is 36.6 Å². The second-order valence-electron chi connectivity index (χ2n) is 10.7. The van der Waals surface area contributed by atoms with E-state index in [-0.39, 0.29) is 30.9 Å². The van der Waals surface area contributed by atoms with Crippen LogP contribution in [-0.2, 0) is 19.4 Å². The molecule has 2 bridgehead atoms. The van der Waals surface area contributed by atoms with E-state index in [2.05, 4.69) is 15.6 Å². The number of fused-ring (bicyclic) bond motifs is 4. The van der Waals surface area contributed by atoms with Crippen molar-refractivity contribution >= 4 is 50.1 Å². The molecule has 4 heterocycles. The van der Waals surface area contributed by atoms with Crippen molar-refractivity contribution in [3.05, 3.63) is 46.2 Å². The second kappa shape index (κ2) is 10.4. The number of carbonyl (C=O) groups excluding carboxylic acids is 3. The fourth-order valence-electron chi connectivity index (χ4n) is 6.07. The summed E-state index contributed by atoms with van der Waals surface area (Å²) >= 11 is 6.22. The van der Waals surface area contributed by atoms with Crippen LogP contribution in [-0.4, -0.2) is 72.9 Å².